The SMILES string of the molecule is COC(=O)[C@@H]1C[C@H](Oc2ccccc2F)CN1C(=O)NCc1ccc(OC)c(OC)c1. The number of amides is 2. The van der Waals surface area contributed by atoms with Gasteiger partial charge in [-0.25, -0.2) is 14.0 Å². The van der Waals surface area contributed by atoms with E-state index in [1.54, 1.807) is 37.4 Å². The van der Waals surface area contributed by atoms with Crippen LogP contribution in [-0.4, -0.2) is 56.9 Å². The lowest BCUT2D eigenvalue weighted by Gasteiger charge is -2.22. The molecule has 1 aliphatic heterocycles. The molecule has 1 heterocycles. The lowest BCUT2D eigenvalue weighted by molar-refractivity contribution is -0.145. The van der Waals surface area contributed by atoms with Crippen molar-refractivity contribution in [3.63, 3.8) is 0 Å². The van der Waals surface area contributed by atoms with Crippen LogP contribution in [0.3, 0.4) is 0 Å². The number of carbonyl (C=O) groups excluding carboxylic acids is 2. The van der Waals surface area contributed by atoms with Gasteiger partial charge >= 0.3 is 12.0 Å². The Bertz CT molecular complexity index is 938. The van der Waals surface area contributed by atoms with Crippen LogP contribution in [0.5, 0.6) is 17.2 Å². The van der Waals surface area contributed by atoms with Crippen LogP contribution in [0, 0.1) is 5.82 Å². The van der Waals surface area contributed by atoms with E-state index in [0.29, 0.717) is 11.5 Å². The number of urea groups is 1. The molecule has 9 heteroatoms. The first-order valence-electron chi connectivity index (χ1n) is 9.71. The summed E-state index contributed by atoms with van der Waals surface area (Å²) in [5, 5.41) is 2.79. The van der Waals surface area contributed by atoms with Crippen LogP contribution in [0.2, 0.25) is 0 Å². The molecule has 1 N–H and O–H groups in total. The molecule has 1 aliphatic rings. The first-order chi connectivity index (χ1) is 15.0. The summed E-state index contributed by atoms with van der Waals surface area (Å²) in [6, 6.07) is 10.0. The monoisotopic (exact) mass is 432 g/mol. The Hall–Kier alpha value is -3.49. The number of esters is 1. The van der Waals surface area contributed by atoms with Crippen LogP contribution in [0.25, 0.3) is 0 Å². The Balaban J connectivity index is 1.67. The van der Waals surface area contributed by atoms with E-state index in [4.69, 9.17) is 18.9 Å². The second-order valence-electron chi connectivity index (χ2n) is 6.95. The zero-order valence-electron chi connectivity index (χ0n) is 17.6. The highest BCUT2D eigenvalue weighted by molar-refractivity contribution is 5.84. The summed E-state index contributed by atoms with van der Waals surface area (Å²) in [5.41, 5.74) is 0.791. The van der Waals surface area contributed by atoms with E-state index in [1.807, 2.05) is 0 Å². The fourth-order valence-electron chi connectivity index (χ4n) is 3.46. The minimum absolute atomic E-state index is 0.0729. The summed E-state index contributed by atoms with van der Waals surface area (Å²) in [6.45, 7) is 0.328. The van der Waals surface area contributed by atoms with Crippen molar-refractivity contribution in [1.82, 2.24) is 10.2 Å². The summed E-state index contributed by atoms with van der Waals surface area (Å²) in [6.07, 6.45) is -0.349. The lowest BCUT2D eigenvalue weighted by Crippen LogP contribution is -2.46. The molecule has 0 spiro atoms. The van der Waals surface area contributed by atoms with Crippen molar-refractivity contribution in [1.29, 1.82) is 0 Å². The first kappa shape index (κ1) is 22.2. The molecule has 1 saturated heterocycles. The van der Waals surface area contributed by atoms with Crippen LogP contribution in [0.4, 0.5) is 9.18 Å². The number of carbonyl (C=O) groups is 2. The van der Waals surface area contributed by atoms with E-state index in [0.717, 1.165) is 5.56 Å². The van der Waals surface area contributed by atoms with E-state index in [-0.39, 0.29) is 25.3 Å². The van der Waals surface area contributed by atoms with E-state index in [1.165, 1.54) is 31.3 Å². The first-order valence-corrected chi connectivity index (χ1v) is 9.71. The molecule has 8 nitrogen and oxygen atoms in total. The number of methoxy groups -OCH3 is 3. The molecule has 3 rings (SSSR count). The fraction of sp³-hybridized carbons (Fsp3) is 0.364. The third kappa shape index (κ3) is 5.17. The van der Waals surface area contributed by atoms with Crippen LogP contribution in [-0.2, 0) is 16.1 Å². The second kappa shape index (κ2) is 10.0. The number of rotatable bonds is 7. The molecule has 1 fully saturated rings. The average molecular weight is 432 g/mol. The van der Waals surface area contributed by atoms with Gasteiger partial charge in [-0.15, -0.1) is 0 Å². The molecule has 0 bridgehead atoms. The Morgan fingerprint density at radius 3 is 2.48 bits per heavy atom. The number of hydrogen-bond acceptors (Lipinski definition) is 6. The van der Waals surface area contributed by atoms with Crippen molar-refractivity contribution in [3.8, 4) is 17.2 Å². The molecule has 2 atom stereocenters. The smallest absolute Gasteiger partial charge is 0.328 e. The van der Waals surface area contributed by atoms with Crippen molar-refractivity contribution in [3.05, 3.63) is 53.8 Å². The average Bonchev–Trinajstić information content (AvgIpc) is 3.22. The maximum atomic E-state index is 13.9. The van der Waals surface area contributed by atoms with Crippen molar-refractivity contribution >= 4 is 12.0 Å². The molecule has 0 radical (unpaired) electrons. The third-order valence-electron chi connectivity index (χ3n) is 5.02. The lowest BCUT2D eigenvalue weighted by atomic mass is 10.2. The topological polar surface area (TPSA) is 86.3 Å². The predicted molar refractivity (Wildman–Crippen MR) is 110 cm³/mol. The van der Waals surface area contributed by atoms with Crippen LogP contribution in [0.1, 0.15) is 12.0 Å². The maximum absolute atomic E-state index is 13.9. The molecule has 166 valence electrons. The van der Waals surface area contributed by atoms with Gasteiger partial charge in [-0.1, -0.05) is 18.2 Å². The highest BCUT2D eigenvalue weighted by atomic mass is 19.1. The molecule has 31 heavy (non-hydrogen) atoms. The zero-order chi connectivity index (χ0) is 22.4. The van der Waals surface area contributed by atoms with Gasteiger partial charge in [0.2, 0.25) is 0 Å². The summed E-state index contributed by atoms with van der Waals surface area (Å²) in [7, 11) is 4.33. The van der Waals surface area contributed by atoms with Gasteiger partial charge in [0.15, 0.2) is 23.1 Å². The molecular formula is C22H25FN2O6. The summed E-state index contributed by atoms with van der Waals surface area (Å²) in [4.78, 5) is 26.4. The second-order valence-corrected chi connectivity index (χ2v) is 6.95. The minimum atomic E-state index is -0.827. The van der Waals surface area contributed by atoms with E-state index >= 15 is 0 Å². The highest BCUT2D eigenvalue weighted by Gasteiger charge is 2.41. The normalized spacial score (nSPS) is 17.7. The van der Waals surface area contributed by atoms with Crippen LogP contribution < -0.4 is 19.5 Å². The van der Waals surface area contributed by atoms with Crippen molar-refractivity contribution in [2.24, 2.45) is 0 Å². The number of likely N-dealkylation sites (tertiary alicyclic amines) is 1. The number of nitrogens with one attached hydrogen (secondary N) is 1. The van der Waals surface area contributed by atoms with Crippen molar-refractivity contribution in [2.45, 2.75) is 25.1 Å². The summed E-state index contributed by atoms with van der Waals surface area (Å²) >= 11 is 0. The number of para-hydroxylation sites is 1. The Morgan fingerprint density at radius 2 is 1.81 bits per heavy atom. The van der Waals surface area contributed by atoms with Crippen molar-refractivity contribution in [2.75, 3.05) is 27.9 Å². The standard InChI is InChI=1S/C22H25FN2O6/c1-28-19-9-8-14(10-20(19)29-2)12-24-22(27)25-13-15(11-17(25)21(26)30-3)31-18-7-5-4-6-16(18)23/h4-10,15,17H,11-13H2,1-3H3,(H,24,27)/t15-,17-/m0/s1. The molecular weight excluding hydrogens is 407 g/mol. The van der Waals surface area contributed by atoms with Crippen LogP contribution >= 0.6 is 0 Å². The quantitative estimate of drug-likeness (QED) is 0.677. The largest absolute Gasteiger partial charge is 0.493 e. The van der Waals surface area contributed by atoms with Gasteiger partial charge in [0, 0.05) is 13.0 Å². The van der Waals surface area contributed by atoms with Crippen molar-refractivity contribution < 1.29 is 32.9 Å². The summed E-state index contributed by atoms with van der Waals surface area (Å²) in [5.74, 6) is 0.135. The van der Waals surface area contributed by atoms with Gasteiger partial charge in [0.25, 0.3) is 0 Å². The predicted octanol–water partition coefficient (Wildman–Crippen LogP) is 2.75. The number of nitrogens with zero attached hydrogens (tertiary/aromatic N) is 1. The van der Waals surface area contributed by atoms with Gasteiger partial charge in [0.05, 0.1) is 27.9 Å². The maximum Gasteiger partial charge on any atom is 0.328 e. The third-order valence-corrected chi connectivity index (χ3v) is 5.02. The molecule has 2 aromatic rings. The van der Waals surface area contributed by atoms with Crippen LogP contribution in [0.15, 0.2) is 42.5 Å². The Morgan fingerprint density at radius 1 is 1.06 bits per heavy atom. The molecule has 0 unspecified atom stereocenters. The number of benzene rings is 2. The highest BCUT2D eigenvalue weighted by Crippen LogP contribution is 2.28. The van der Waals surface area contributed by atoms with Gasteiger partial charge in [-0.2, -0.15) is 0 Å². The molecule has 0 saturated carbocycles. The van der Waals surface area contributed by atoms with E-state index < -0.39 is 30.0 Å². The Kier molecular flexibility index (Phi) is 7.17. The number of halogens is 1. The Labute approximate surface area is 179 Å². The van der Waals surface area contributed by atoms with E-state index in [2.05, 4.69) is 5.32 Å². The molecule has 2 amide bonds. The van der Waals surface area contributed by atoms with Gasteiger partial charge in [0.1, 0.15) is 12.1 Å². The van der Waals surface area contributed by atoms with Gasteiger partial charge < -0.3 is 29.2 Å². The van der Waals surface area contributed by atoms with Gasteiger partial charge in [-0.05, 0) is 29.8 Å². The molecule has 0 aromatic heterocycles. The fourth-order valence-corrected chi connectivity index (χ4v) is 3.46. The minimum Gasteiger partial charge on any atom is -0.493 e. The molecule has 0 aliphatic carbocycles. The zero-order valence-corrected chi connectivity index (χ0v) is 17.6. The summed E-state index contributed by atoms with van der Waals surface area (Å²) < 4.78 is 34.9. The number of ether oxygens (including phenoxy) is 4. The van der Waals surface area contributed by atoms with E-state index in [9.17, 15) is 14.0 Å². The van der Waals surface area contributed by atoms with Gasteiger partial charge in [-0.3, -0.25) is 0 Å². The molecule has 2 aromatic carbocycles. The number of hydrogen-bond donors (Lipinski definition) is 1.